The molecule has 180 valence electrons. The van der Waals surface area contributed by atoms with Crippen molar-refractivity contribution in [3.63, 3.8) is 0 Å². The number of benzene rings is 2. The summed E-state index contributed by atoms with van der Waals surface area (Å²) in [6, 6.07) is 15.7. The lowest BCUT2D eigenvalue weighted by Crippen LogP contribution is -2.30. The third-order valence-electron chi connectivity index (χ3n) is 5.54. The van der Waals surface area contributed by atoms with Gasteiger partial charge in [-0.25, -0.2) is 4.79 Å². The lowest BCUT2D eigenvalue weighted by Gasteiger charge is -2.25. The summed E-state index contributed by atoms with van der Waals surface area (Å²) in [6.45, 7) is 5.94. The topological polar surface area (TPSA) is 102 Å². The van der Waals surface area contributed by atoms with Crippen LogP contribution in [-0.4, -0.2) is 48.4 Å². The molecule has 0 unspecified atom stereocenters. The van der Waals surface area contributed by atoms with Gasteiger partial charge in [-0.05, 0) is 42.7 Å². The molecule has 1 heterocycles. The van der Waals surface area contributed by atoms with Crippen molar-refractivity contribution in [1.29, 1.82) is 0 Å². The monoisotopic (exact) mass is 466 g/mol. The van der Waals surface area contributed by atoms with Crippen LogP contribution in [0.3, 0.4) is 0 Å². The molecule has 1 aliphatic heterocycles. The normalized spacial score (nSPS) is 16.3. The Hall–Kier alpha value is -3.68. The summed E-state index contributed by atoms with van der Waals surface area (Å²) in [4.78, 5) is 50.7. The number of carbonyl (C=O) groups excluding carboxylic acids is 4. The maximum absolute atomic E-state index is 12.4. The van der Waals surface area contributed by atoms with Gasteiger partial charge in [0, 0.05) is 18.7 Å². The molecular weight excluding hydrogens is 436 g/mol. The molecule has 1 saturated heterocycles. The average molecular weight is 467 g/mol. The molecule has 1 fully saturated rings. The maximum atomic E-state index is 12.4. The fourth-order valence-corrected chi connectivity index (χ4v) is 3.64. The second-order valence-electron chi connectivity index (χ2n) is 8.76. The van der Waals surface area contributed by atoms with Crippen molar-refractivity contribution in [3.05, 3.63) is 65.7 Å². The number of rotatable bonds is 9. The highest BCUT2D eigenvalue weighted by atomic mass is 16.5. The van der Waals surface area contributed by atoms with Gasteiger partial charge >= 0.3 is 11.9 Å². The first-order valence-electron chi connectivity index (χ1n) is 11.3. The van der Waals surface area contributed by atoms with Crippen LogP contribution in [-0.2, 0) is 23.9 Å². The van der Waals surface area contributed by atoms with Crippen molar-refractivity contribution in [3.8, 4) is 0 Å². The van der Waals surface area contributed by atoms with Crippen LogP contribution in [0.1, 0.15) is 49.2 Å². The zero-order chi connectivity index (χ0) is 24.7. The standard InChI is InChI=1S/C26H30N2O6/c1-17(2)15-33-25(31)20-9-11-22(12-10-20)27-23(29)16-34-26(32)21-13-24(30)28(14-21)18(3)19-7-5-4-6-8-19/h4-12,17-18,21H,13-16H2,1-3H3,(H,27,29)/t18-,21-/m1/s1. The minimum absolute atomic E-state index is 0.0615. The SMILES string of the molecule is CC(C)COC(=O)c1ccc(NC(=O)COC(=O)[C@@H]2CC(=O)N([C@H](C)c3ccccc3)C2)cc1. The zero-order valence-corrected chi connectivity index (χ0v) is 19.7. The van der Waals surface area contributed by atoms with E-state index in [2.05, 4.69) is 5.32 Å². The molecular formula is C26H30N2O6. The summed E-state index contributed by atoms with van der Waals surface area (Å²) in [7, 11) is 0. The van der Waals surface area contributed by atoms with Gasteiger partial charge in [0.05, 0.1) is 24.1 Å². The molecule has 2 aromatic rings. The van der Waals surface area contributed by atoms with Gasteiger partial charge in [-0.2, -0.15) is 0 Å². The van der Waals surface area contributed by atoms with Gasteiger partial charge in [-0.15, -0.1) is 0 Å². The van der Waals surface area contributed by atoms with Crippen LogP contribution in [0.5, 0.6) is 0 Å². The second-order valence-corrected chi connectivity index (χ2v) is 8.76. The molecule has 34 heavy (non-hydrogen) atoms. The van der Waals surface area contributed by atoms with Crippen molar-refractivity contribution in [1.82, 2.24) is 4.90 Å². The molecule has 0 bridgehead atoms. The smallest absolute Gasteiger partial charge is 0.338 e. The summed E-state index contributed by atoms with van der Waals surface area (Å²) >= 11 is 0. The number of ether oxygens (including phenoxy) is 2. The Bertz CT molecular complexity index is 1020. The van der Waals surface area contributed by atoms with E-state index in [0.29, 0.717) is 17.9 Å². The first-order valence-corrected chi connectivity index (χ1v) is 11.3. The summed E-state index contributed by atoms with van der Waals surface area (Å²) in [5, 5.41) is 2.62. The van der Waals surface area contributed by atoms with E-state index in [1.54, 1.807) is 29.2 Å². The highest BCUT2D eigenvalue weighted by Gasteiger charge is 2.38. The van der Waals surface area contributed by atoms with Crippen molar-refractivity contribution >= 4 is 29.4 Å². The Kier molecular flexibility index (Phi) is 8.40. The van der Waals surface area contributed by atoms with Crippen LogP contribution < -0.4 is 5.32 Å². The predicted molar refractivity (Wildman–Crippen MR) is 126 cm³/mol. The van der Waals surface area contributed by atoms with Crippen molar-refractivity contribution in [2.75, 3.05) is 25.1 Å². The molecule has 3 rings (SSSR count). The van der Waals surface area contributed by atoms with E-state index in [1.807, 2.05) is 51.1 Å². The number of hydrogen-bond donors (Lipinski definition) is 1. The van der Waals surface area contributed by atoms with Gasteiger partial charge in [0.1, 0.15) is 0 Å². The number of carbonyl (C=O) groups is 4. The molecule has 8 nitrogen and oxygen atoms in total. The van der Waals surface area contributed by atoms with E-state index < -0.39 is 30.4 Å². The van der Waals surface area contributed by atoms with E-state index in [0.717, 1.165) is 5.56 Å². The van der Waals surface area contributed by atoms with E-state index in [9.17, 15) is 19.2 Å². The Morgan fingerprint density at radius 1 is 1.00 bits per heavy atom. The molecule has 1 N–H and O–H groups in total. The van der Waals surface area contributed by atoms with Crippen molar-refractivity contribution < 1.29 is 28.7 Å². The largest absolute Gasteiger partial charge is 0.462 e. The fraction of sp³-hybridized carbons (Fsp3) is 0.385. The van der Waals surface area contributed by atoms with Crippen LogP contribution in [0.2, 0.25) is 0 Å². The van der Waals surface area contributed by atoms with Gasteiger partial charge in [0.25, 0.3) is 5.91 Å². The second kappa shape index (κ2) is 11.4. The molecule has 1 aliphatic rings. The lowest BCUT2D eigenvalue weighted by molar-refractivity contribution is -0.151. The Morgan fingerprint density at radius 3 is 2.32 bits per heavy atom. The molecule has 2 amide bonds. The van der Waals surface area contributed by atoms with E-state index in [1.165, 1.54) is 0 Å². The summed E-state index contributed by atoms with van der Waals surface area (Å²) in [5.41, 5.74) is 1.83. The molecule has 0 aliphatic carbocycles. The van der Waals surface area contributed by atoms with Crippen molar-refractivity contribution in [2.45, 2.75) is 33.2 Å². The van der Waals surface area contributed by atoms with Gasteiger partial charge in [0.15, 0.2) is 6.61 Å². The van der Waals surface area contributed by atoms with Gasteiger partial charge in [-0.3, -0.25) is 14.4 Å². The van der Waals surface area contributed by atoms with Crippen LogP contribution in [0.25, 0.3) is 0 Å². The Balaban J connectivity index is 1.45. The zero-order valence-electron chi connectivity index (χ0n) is 19.7. The van der Waals surface area contributed by atoms with Crippen LogP contribution in [0.4, 0.5) is 5.69 Å². The average Bonchev–Trinajstić information content (AvgIpc) is 3.23. The number of amides is 2. The third-order valence-corrected chi connectivity index (χ3v) is 5.54. The first-order chi connectivity index (χ1) is 16.2. The van der Waals surface area contributed by atoms with E-state index >= 15 is 0 Å². The maximum Gasteiger partial charge on any atom is 0.338 e. The minimum Gasteiger partial charge on any atom is -0.462 e. The Labute approximate surface area is 199 Å². The molecule has 0 spiro atoms. The predicted octanol–water partition coefficient (Wildman–Crippen LogP) is 3.59. The van der Waals surface area contributed by atoms with Crippen LogP contribution in [0.15, 0.2) is 54.6 Å². The van der Waals surface area contributed by atoms with E-state index in [4.69, 9.17) is 9.47 Å². The fourth-order valence-electron chi connectivity index (χ4n) is 3.64. The lowest BCUT2D eigenvalue weighted by atomic mass is 10.1. The minimum atomic E-state index is -0.609. The molecule has 0 aromatic heterocycles. The van der Waals surface area contributed by atoms with Crippen LogP contribution >= 0.6 is 0 Å². The molecule has 8 heteroatoms. The quantitative estimate of drug-likeness (QED) is 0.567. The molecule has 2 aromatic carbocycles. The third kappa shape index (κ3) is 6.66. The highest BCUT2D eigenvalue weighted by molar-refractivity contribution is 5.95. The van der Waals surface area contributed by atoms with Gasteiger partial charge in [0.2, 0.25) is 5.91 Å². The van der Waals surface area contributed by atoms with Crippen LogP contribution in [0, 0.1) is 11.8 Å². The molecule has 2 atom stereocenters. The first kappa shape index (κ1) is 25.0. The Morgan fingerprint density at radius 2 is 1.68 bits per heavy atom. The number of nitrogens with one attached hydrogen (secondary N) is 1. The number of esters is 2. The molecule has 0 saturated carbocycles. The van der Waals surface area contributed by atoms with Gasteiger partial charge in [-0.1, -0.05) is 44.2 Å². The number of anilines is 1. The highest BCUT2D eigenvalue weighted by Crippen LogP contribution is 2.29. The van der Waals surface area contributed by atoms with Crippen molar-refractivity contribution in [2.24, 2.45) is 11.8 Å². The van der Waals surface area contributed by atoms with E-state index in [-0.39, 0.29) is 30.8 Å². The summed E-state index contributed by atoms with van der Waals surface area (Å²) in [5.74, 6) is -2.00. The summed E-state index contributed by atoms with van der Waals surface area (Å²) in [6.07, 6.45) is 0.0615. The van der Waals surface area contributed by atoms with Gasteiger partial charge < -0.3 is 19.7 Å². The number of likely N-dealkylation sites (tertiary alicyclic amines) is 1. The summed E-state index contributed by atoms with van der Waals surface area (Å²) < 4.78 is 10.3. The number of hydrogen-bond acceptors (Lipinski definition) is 6. The molecule has 0 radical (unpaired) electrons. The number of nitrogens with zero attached hydrogens (tertiary/aromatic N) is 1.